The minimum Gasteiger partial charge on any atom is -0.486 e. The summed E-state index contributed by atoms with van der Waals surface area (Å²) in [4.78, 5) is 10.7. The number of alkyl halides is 2. The van der Waals surface area contributed by atoms with Gasteiger partial charge < -0.3 is 9.84 Å². The fourth-order valence-electron chi connectivity index (χ4n) is 0.974. The predicted octanol–water partition coefficient (Wildman–Crippen LogP) is 2.42. The molecule has 0 saturated carbocycles. The molecule has 82 valence electrons. The molecule has 0 fully saturated rings. The van der Waals surface area contributed by atoms with Gasteiger partial charge in [0.15, 0.2) is 6.61 Å². The van der Waals surface area contributed by atoms with E-state index in [0.717, 1.165) is 0 Å². The zero-order valence-electron chi connectivity index (χ0n) is 8.04. The van der Waals surface area contributed by atoms with Gasteiger partial charge in [-0.2, -0.15) is 0 Å². The molecule has 0 atom stereocenters. The number of ether oxygens (including phenoxy) is 1. The van der Waals surface area contributed by atoms with Crippen LogP contribution in [-0.2, 0) is 0 Å². The zero-order valence-corrected chi connectivity index (χ0v) is 8.04. The van der Waals surface area contributed by atoms with Gasteiger partial charge in [-0.15, -0.1) is 0 Å². The Hall–Kier alpha value is -1.65. The normalized spacial score (nSPS) is 11.1. The Bertz CT molecular complexity index is 358. The third kappa shape index (κ3) is 3.53. The van der Waals surface area contributed by atoms with Crippen LogP contribution in [0.4, 0.5) is 8.78 Å². The molecule has 0 radical (unpaired) electrons. The molecule has 0 aromatic heterocycles. The maximum absolute atomic E-state index is 12.5. The van der Waals surface area contributed by atoms with E-state index in [0.29, 0.717) is 6.92 Å². The van der Waals surface area contributed by atoms with E-state index in [1.807, 2.05) is 0 Å². The minimum absolute atomic E-state index is 0.0495. The number of aromatic carboxylic acids is 1. The fraction of sp³-hybridized carbons (Fsp3) is 0.300. The van der Waals surface area contributed by atoms with Gasteiger partial charge in [0, 0.05) is 6.92 Å². The number of para-hydroxylation sites is 1. The van der Waals surface area contributed by atoms with E-state index in [1.54, 1.807) is 0 Å². The van der Waals surface area contributed by atoms with Crippen LogP contribution in [0, 0.1) is 0 Å². The Morgan fingerprint density at radius 3 is 2.60 bits per heavy atom. The lowest BCUT2D eigenvalue weighted by Gasteiger charge is -2.13. The molecule has 5 heteroatoms. The Balaban J connectivity index is 2.81. The molecule has 1 aromatic rings. The largest absolute Gasteiger partial charge is 0.486 e. The Morgan fingerprint density at radius 2 is 2.07 bits per heavy atom. The number of halogens is 2. The van der Waals surface area contributed by atoms with Crippen molar-refractivity contribution in [2.75, 3.05) is 6.61 Å². The average Bonchev–Trinajstić information content (AvgIpc) is 2.14. The first-order valence-electron chi connectivity index (χ1n) is 4.23. The van der Waals surface area contributed by atoms with Gasteiger partial charge in [-0.3, -0.25) is 0 Å². The molecule has 0 aliphatic carbocycles. The lowest BCUT2D eigenvalue weighted by atomic mass is 10.2. The summed E-state index contributed by atoms with van der Waals surface area (Å²) in [6.45, 7) is -0.131. The third-order valence-corrected chi connectivity index (χ3v) is 1.60. The van der Waals surface area contributed by atoms with E-state index in [9.17, 15) is 13.6 Å². The average molecular weight is 216 g/mol. The van der Waals surface area contributed by atoms with Crippen molar-refractivity contribution in [3.63, 3.8) is 0 Å². The van der Waals surface area contributed by atoms with Crippen LogP contribution in [0.25, 0.3) is 0 Å². The van der Waals surface area contributed by atoms with Crippen molar-refractivity contribution in [3.05, 3.63) is 29.8 Å². The third-order valence-electron chi connectivity index (χ3n) is 1.60. The monoisotopic (exact) mass is 216 g/mol. The van der Waals surface area contributed by atoms with Crippen molar-refractivity contribution in [1.82, 2.24) is 0 Å². The van der Waals surface area contributed by atoms with Gasteiger partial charge >= 0.3 is 5.97 Å². The topological polar surface area (TPSA) is 46.5 Å². The van der Waals surface area contributed by atoms with Crippen molar-refractivity contribution in [3.8, 4) is 5.75 Å². The number of benzene rings is 1. The fourth-order valence-corrected chi connectivity index (χ4v) is 0.974. The smallest absolute Gasteiger partial charge is 0.339 e. The maximum atomic E-state index is 12.5. The Kier molecular flexibility index (Phi) is 3.24. The summed E-state index contributed by atoms with van der Waals surface area (Å²) in [5.41, 5.74) is -0.123. The van der Waals surface area contributed by atoms with Crippen LogP contribution in [0.2, 0.25) is 0 Å². The molecule has 0 amide bonds. The van der Waals surface area contributed by atoms with Crippen LogP contribution in [-0.4, -0.2) is 23.6 Å². The van der Waals surface area contributed by atoms with E-state index < -0.39 is 18.5 Å². The highest BCUT2D eigenvalue weighted by atomic mass is 19.3. The first kappa shape index (κ1) is 11.4. The number of hydrogen-bond acceptors (Lipinski definition) is 2. The molecule has 3 nitrogen and oxygen atoms in total. The number of carbonyl (C=O) groups is 1. The van der Waals surface area contributed by atoms with Crippen molar-refractivity contribution in [1.29, 1.82) is 0 Å². The van der Waals surface area contributed by atoms with Gasteiger partial charge in [0.25, 0.3) is 5.92 Å². The lowest BCUT2D eigenvalue weighted by molar-refractivity contribution is -0.0233. The quantitative estimate of drug-likeness (QED) is 0.840. The van der Waals surface area contributed by atoms with E-state index in [1.165, 1.54) is 24.3 Å². The summed E-state index contributed by atoms with van der Waals surface area (Å²) in [6, 6.07) is 5.66. The van der Waals surface area contributed by atoms with E-state index in [4.69, 9.17) is 9.84 Å². The molecule has 1 aromatic carbocycles. The molecule has 0 aliphatic heterocycles. The number of carboxylic acids is 1. The van der Waals surface area contributed by atoms with Crippen molar-refractivity contribution in [2.24, 2.45) is 0 Å². The molecular formula is C10H10F2O3. The molecule has 0 aliphatic rings. The van der Waals surface area contributed by atoms with E-state index in [2.05, 4.69) is 0 Å². The highest BCUT2D eigenvalue weighted by Gasteiger charge is 2.23. The van der Waals surface area contributed by atoms with Crippen LogP contribution >= 0.6 is 0 Å². The molecule has 1 N–H and O–H groups in total. The summed E-state index contributed by atoms with van der Waals surface area (Å²) in [6.07, 6.45) is 0. The van der Waals surface area contributed by atoms with Crippen LogP contribution in [0.5, 0.6) is 5.75 Å². The van der Waals surface area contributed by atoms with Crippen LogP contribution in [0.3, 0.4) is 0 Å². The molecule has 0 unspecified atom stereocenters. The first-order chi connectivity index (χ1) is 6.90. The first-order valence-corrected chi connectivity index (χ1v) is 4.23. The molecule has 15 heavy (non-hydrogen) atoms. The van der Waals surface area contributed by atoms with Gasteiger partial charge in [-0.05, 0) is 12.1 Å². The lowest BCUT2D eigenvalue weighted by Crippen LogP contribution is -2.21. The summed E-state index contributed by atoms with van der Waals surface area (Å²) in [7, 11) is 0. The molecule has 1 rings (SSSR count). The second-order valence-electron chi connectivity index (χ2n) is 3.16. The van der Waals surface area contributed by atoms with Gasteiger partial charge in [0.05, 0.1) is 0 Å². The number of rotatable bonds is 4. The standard InChI is InChI=1S/C10H10F2O3/c1-10(11,12)6-15-8-5-3-2-4-7(8)9(13)14/h2-5H,6H2,1H3,(H,13,14). The molecular weight excluding hydrogens is 206 g/mol. The van der Waals surface area contributed by atoms with E-state index in [-0.39, 0.29) is 11.3 Å². The van der Waals surface area contributed by atoms with E-state index >= 15 is 0 Å². The van der Waals surface area contributed by atoms with Gasteiger partial charge in [-0.25, -0.2) is 13.6 Å². The van der Waals surface area contributed by atoms with Crippen LogP contribution in [0.1, 0.15) is 17.3 Å². The predicted molar refractivity (Wildman–Crippen MR) is 49.5 cm³/mol. The number of hydrogen-bond donors (Lipinski definition) is 1. The molecule has 0 heterocycles. The molecule has 0 spiro atoms. The van der Waals surface area contributed by atoms with Gasteiger partial charge in [0.2, 0.25) is 0 Å². The summed E-state index contributed by atoms with van der Waals surface area (Å²) >= 11 is 0. The second kappa shape index (κ2) is 4.25. The minimum atomic E-state index is -2.98. The van der Waals surface area contributed by atoms with Crippen molar-refractivity contribution >= 4 is 5.97 Å². The second-order valence-corrected chi connectivity index (χ2v) is 3.16. The van der Waals surface area contributed by atoms with Crippen LogP contribution < -0.4 is 4.74 Å². The highest BCUT2D eigenvalue weighted by molar-refractivity contribution is 5.90. The Morgan fingerprint density at radius 1 is 1.47 bits per heavy atom. The van der Waals surface area contributed by atoms with Crippen molar-refractivity contribution in [2.45, 2.75) is 12.8 Å². The summed E-state index contributed by atoms with van der Waals surface area (Å²) in [5.74, 6) is -4.23. The summed E-state index contributed by atoms with van der Waals surface area (Å²) < 4.78 is 29.7. The Labute approximate surface area is 85.3 Å². The summed E-state index contributed by atoms with van der Waals surface area (Å²) in [5, 5.41) is 8.73. The highest BCUT2D eigenvalue weighted by Crippen LogP contribution is 2.20. The van der Waals surface area contributed by atoms with Gasteiger partial charge in [-0.1, -0.05) is 12.1 Å². The van der Waals surface area contributed by atoms with Crippen LogP contribution in [0.15, 0.2) is 24.3 Å². The zero-order chi connectivity index (χ0) is 11.5. The molecule has 0 saturated heterocycles. The maximum Gasteiger partial charge on any atom is 0.339 e. The number of carboxylic acid groups (broad SMARTS) is 1. The van der Waals surface area contributed by atoms with Gasteiger partial charge in [0.1, 0.15) is 11.3 Å². The van der Waals surface area contributed by atoms with Crippen molar-refractivity contribution < 1.29 is 23.4 Å². The SMILES string of the molecule is CC(F)(F)COc1ccccc1C(=O)O. The molecule has 0 bridgehead atoms.